The molecule has 0 aromatic heterocycles. The van der Waals surface area contributed by atoms with Crippen LogP contribution in [0.4, 0.5) is 11.4 Å². The highest BCUT2D eigenvalue weighted by atomic mass is 16.1. The number of benzene rings is 1. The van der Waals surface area contributed by atoms with Crippen molar-refractivity contribution in [3.63, 3.8) is 0 Å². The number of hydrogen-bond acceptors (Lipinski definition) is 3. The molecule has 1 aliphatic carbocycles. The lowest BCUT2D eigenvalue weighted by atomic mass is 10.1. The van der Waals surface area contributed by atoms with Gasteiger partial charge in [0.25, 0.3) is 5.91 Å². The Kier molecular flexibility index (Phi) is 2.73. The number of carbonyl (C=O) groups is 1. The first-order valence-corrected chi connectivity index (χ1v) is 5.58. The van der Waals surface area contributed by atoms with E-state index in [0.29, 0.717) is 28.9 Å². The van der Waals surface area contributed by atoms with Gasteiger partial charge in [0.2, 0.25) is 0 Å². The smallest absolute Gasteiger partial charge is 0.250 e. The lowest BCUT2D eigenvalue weighted by Crippen LogP contribution is -2.17. The summed E-state index contributed by atoms with van der Waals surface area (Å²) in [7, 11) is 0. The van der Waals surface area contributed by atoms with Crippen LogP contribution in [0.5, 0.6) is 0 Å². The van der Waals surface area contributed by atoms with Crippen LogP contribution in [-0.4, -0.2) is 11.9 Å². The second kappa shape index (κ2) is 4.04. The van der Waals surface area contributed by atoms with E-state index in [1.165, 1.54) is 0 Å². The summed E-state index contributed by atoms with van der Waals surface area (Å²) in [6.45, 7) is 2.16. The minimum atomic E-state index is -0.441. The fourth-order valence-electron chi connectivity index (χ4n) is 2.00. The van der Waals surface area contributed by atoms with Gasteiger partial charge in [-0.25, -0.2) is 0 Å². The molecule has 16 heavy (non-hydrogen) atoms. The van der Waals surface area contributed by atoms with Gasteiger partial charge < -0.3 is 16.8 Å². The quantitative estimate of drug-likeness (QED) is 0.672. The highest BCUT2D eigenvalue weighted by Gasteiger charge is 2.36. The maximum Gasteiger partial charge on any atom is 0.250 e. The molecule has 2 atom stereocenters. The van der Waals surface area contributed by atoms with E-state index in [1.807, 2.05) is 0 Å². The van der Waals surface area contributed by atoms with Crippen molar-refractivity contribution in [2.24, 2.45) is 11.7 Å². The molecule has 0 radical (unpaired) electrons. The van der Waals surface area contributed by atoms with E-state index in [4.69, 9.17) is 11.5 Å². The van der Waals surface area contributed by atoms with E-state index >= 15 is 0 Å². The Morgan fingerprint density at radius 3 is 2.88 bits per heavy atom. The van der Waals surface area contributed by atoms with E-state index in [2.05, 4.69) is 12.2 Å². The van der Waals surface area contributed by atoms with Crippen LogP contribution in [0.3, 0.4) is 0 Å². The van der Waals surface area contributed by atoms with Crippen molar-refractivity contribution in [1.29, 1.82) is 0 Å². The molecule has 1 saturated carbocycles. The number of amides is 1. The first kappa shape index (κ1) is 10.8. The van der Waals surface area contributed by atoms with Crippen LogP contribution < -0.4 is 16.8 Å². The molecule has 1 aliphatic rings. The highest BCUT2D eigenvalue weighted by molar-refractivity contribution is 6.01. The Hall–Kier alpha value is -1.71. The number of nitrogen functional groups attached to an aromatic ring is 1. The lowest BCUT2D eigenvalue weighted by molar-refractivity contribution is 0.100. The normalized spacial score (nSPS) is 22.8. The molecule has 0 saturated heterocycles. The molecule has 2 unspecified atom stereocenters. The average Bonchev–Trinajstić information content (AvgIpc) is 2.99. The van der Waals surface area contributed by atoms with Crippen molar-refractivity contribution in [2.75, 3.05) is 11.1 Å². The minimum Gasteiger partial charge on any atom is -0.397 e. The number of anilines is 2. The largest absolute Gasteiger partial charge is 0.397 e. The molecule has 1 aromatic carbocycles. The summed E-state index contributed by atoms with van der Waals surface area (Å²) in [6.07, 6.45) is 2.29. The molecule has 4 heteroatoms. The van der Waals surface area contributed by atoms with Crippen LogP contribution in [0.1, 0.15) is 30.1 Å². The van der Waals surface area contributed by atoms with Gasteiger partial charge in [0.1, 0.15) is 0 Å². The Morgan fingerprint density at radius 1 is 1.56 bits per heavy atom. The van der Waals surface area contributed by atoms with Crippen LogP contribution in [0.2, 0.25) is 0 Å². The Labute approximate surface area is 95.0 Å². The molecule has 1 aromatic rings. The van der Waals surface area contributed by atoms with Crippen LogP contribution in [0.15, 0.2) is 18.2 Å². The maximum atomic E-state index is 11.3. The number of rotatable bonds is 4. The molecule has 0 aliphatic heterocycles. The van der Waals surface area contributed by atoms with Gasteiger partial charge in [0, 0.05) is 6.04 Å². The SMILES string of the molecule is CCC1CC1Nc1c(N)cccc1C(N)=O. The van der Waals surface area contributed by atoms with Crippen LogP contribution >= 0.6 is 0 Å². The Bertz CT molecular complexity index is 417. The minimum absolute atomic E-state index is 0.438. The topological polar surface area (TPSA) is 81.1 Å². The van der Waals surface area contributed by atoms with Gasteiger partial charge in [0.15, 0.2) is 0 Å². The maximum absolute atomic E-state index is 11.3. The first-order chi connectivity index (χ1) is 7.63. The summed E-state index contributed by atoms with van der Waals surface area (Å²) in [5.41, 5.74) is 12.9. The van der Waals surface area contributed by atoms with Crippen LogP contribution in [-0.2, 0) is 0 Å². The molecule has 4 nitrogen and oxygen atoms in total. The van der Waals surface area contributed by atoms with Crippen LogP contribution in [0.25, 0.3) is 0 Å². The molecule has 1 amide bonds. The molecule has 1 fully saturated rings. The van der Waals surface area contributed by atoms with Gasteiger partial charge >= 0.3 is 0 Å². The number of nitrogens with one attached hydrogen (secondary N) is 1. The summed E-state index contributed by atoms with van der Waals surface area (Å²) in [5.74, 6) is 0.254. The van der Waals surface area contributed by atoms with E-state index in [9.17, 15) is 4.79 Å². The van der Waals surface area contributed by atoms with Crippen molar-refractivity contribution in [3.8, 4) is 0 Å². The lowest BCUT2D eigenvalue weighted by Gasteiger charge is -2.12. The zero-order valence-electron chi connectivity index (χ0n) is 9.36. The molecular weight excluding hydrogens is 202 g/mol. The average molecular weight is 219 g/mol. The van der Waals surface area contributed by atoms with E-state index in [0.717, 1.165) is 12.8 Å². The van der Waals surface area contributed by atoms with Crippen molar-refractivity contribution < 1.29 is 4.79 Å². The van der Waals surface area contributed by atoms with Crippen molar-refractivity contribution in [3.05, 3.63) is 23.8 Å². The highest BCUT2D eigenvalue weighted by Crippen LogP contribution is 2.38. The van der Waals surface area contributed by atoms with Crippen molar-refractivity contribution in [2.45, 2.75) is 25.8 Å². The molecule has 5 N–H and O–H groups in total. The van der Waals surface area contributed by atoms with Crippen molar-refractivity contribution >= 4 is 17.3 Å². The second-order valence-corrected chi connectivity index (χ2v) is 4.29. The second-order valence-electron chi connectivity index (χ2n) is 4.29. The molecule has 0 heterocycles. The summed E-state index contributed by atoms with van der Waals surface area (Å²) >= 11 is 0. The van der Waals surface area contributed by atoms with E-state index < -0.39 is 5.91 Å². The van der Waals surface area contributed by atoms with E-state index in [-0.39, 0.29) is 0 Å². The predicted octanol–water partition coefficient (Wildman–Crippen LogP) is 1.58. The van der Waals surface area contributed by atoms with Gasteiger partial charge in [-0.3, -0.25) is 4.79 Å². The van der Waals surface area contributed by atoms with Gasteiger partial charge in [-0.15, -0.1) is 0 Å². The first-order valence-electron chi connectivity index (χ1n) is 5.58. The molecule has 0 spiro atoms. The summed E-state index contributed by atoms with van der Waals surface area (Å²) in [6, 6.07) is 5.65. The summed E-state index contributed by atoms with van der Waals surface area (Å²) < 4.78 is 0. The molecular formula is C12H17N3O. The molecule has 2 rings (SSSR count). The number of carbonyl (C=O) groups excluding carboxylic acids is 1. The monoisotopic (exact) mass is 219 g/mol. The van der Waals surface area contributed by atoms with Crippen LogP contribution in [0, 0.1) is 5.92 Å². The van der Waals surface area contributed by atoms with Gasteiger partial charge in [-0.2, -0.15) is 0 Å². The zero-order chi connectivity index (χ0) is 11.7. The van der Waals surface area contributed by atoms with E-state index in [1.54, 1.807) is 18.2 Å². The number of nitrogens with two attached hydrogens (primary N) is 2. The number of primary amides is 1. The van der Waals surface area contributed by atoms with Gasteiger partial charge in [-0.05, 0) is 24.5 Å². The predicted molar refractivity (Wildman–Crippen MR) is 65.2 cm³/mol. The zero-order valence-corrected chi connectivity index (χ0v) is 9.36. The third-order valence-corrected chi connectivity index (χ3v) is 3.14. The fraction of sp³-hybridized carbons (Fsp3) is 0.417. The number of hydrogen-bond donors (Lipinski definition) is 3. The third-order valence-electron chi connectivity index (χ3n) is 3.14. The van der Waals surface area contributed by atoms with Gasteiger partial charge in [0.05, 0.1) is 16.9 Å². The standard InChI is InChI=1S/C12H17N3O/c1-2-7-6-10(7)15-11-8(12(14)16)4-3-5-9(11)13/h3-5,7,10,15H,2,6,13H2,1H3,(H2,14,16). The van der Waals surface area contributed by atoms with Crippen molar-refractivity contribution in [1.82, 2.24) is 0 Å². The Balaban J connectivity index is 2.22. The molecule has 86 valence electrons. The van der Waals surface area contributed by atoms with Gasteiger partial charge in [-0.1, -0.05) is 19.4 Å². The third kappa shape index (κ3) is 1.96. The summed E-state index contributed by atoms with van der Waals surface area (Å²) in [4.78, 5) is 11.3. The molecule has 0 bridgehead atoms. The fourth-order valence-corrected chi connectivity index (χ4v) is 2.00. The Morgan fingerprint density at radius 2 is 2.31 bits per heavy atom. The number of para-hydroxylation sites is 1. The summed E-state index contributed by atoms with van der Waals surface area (Å²) in [5, 5.41) is 3.31.